The zero-order chi connectivity index (χ0) is 18.9. The molecular weight excluding hydrogens is 383 g/mol. The molecule has 0 bridgehead atoms. The number of carbonyl (C=O) groups is 2. The van der Waals surface area contributed by atoms with Gasteiger partial charge >= 0.3 is 0 Å². The number of nitrogens with zero attached hydrogens (tertiary/aromatic N) is 2. The standard InChI is InChI=1S/C20H21FN2O2S2/c21-16-4-1-3-15(13-16)19(25)23-10-12-27-20(23)6-8-22(9-7-20)18(24)14-17-5-2-11-26-17/h1-5,11,13H,6-10,12,14H2. The number of benzene rings is 1. The summed E-state index contributed by atoms with van der Waals surface area (Å²) in [6, 6.07) is 9.84. The molecule has 4 nitrogen and oxygen atoms in total. The number of thiophene rings is 1. The van der Waals surface area contributed by atoms with Crippen molar-refractivity contribution < 1.29 is 14.0 Å². The summed E-state index contributed by atoms with van der Waals surface area (Å²) in [5.74, 6) is 0.524. The van der Waals surface area contributed by atoms with Gasteiger partial charge in [-0.05, 0) is 42.5 Å². The number of rotatable bonds is 3. The molecule has 2 amide bonds. The minimum Gasteiger partial charge on any atom is -0.342 e. The smallest absolute Gasteiger partial charge is 0.255 e. The predicted molar refractivity (Wildman–Crippen MR) is 106 cm³/mol. The Bertz CT molecular complexity index is 832. The van der Waals surface area contributed by atoms with Gasteiger partial charge in [0.15, 0.2) is 0 Å². The molecule has 7 heteroatoms. The fourth-order valence-electron chi connectivity index (χ4n) is 3.87. The molecule has 4 rings (SSSR count). The van der Waals surface area contributed by atoms with Crippen LogP contribution in [0.25, 0.3) is 0 Å². The molecule has 27 heavy (non-hydrogen) atoms. The molecule has 0 atom stereocenters. The van der Waals surface area contributed by atoms with Gasteiger partial charge in [-0.15, -0.1) is 23.1 Å². The topological polar surface area (TPSA) is 40.6 Å². The minimum atomic E-state index is -0.393. The number of halogens is 1. The zero-order valence-corrected chi connectivity index (χ0v) is 16.5. The molecule has 2 aliphatic heterocycles. The number of hydrogen-bond donors (Lipinski definition) is 0. The van der Waals surface area contributed by atoms with E-state index in [1.165, 1.54) is 12.1 Å². The van der Waals surface area contributed by atoms with E-state index in [0.29, 0.717) is 31.6 Å². The minimum absolute atomic E-state index is 0.113. The van der Waals surface area contributed by atoms with Gasteiger partial charge in [-0.25, -0.2) is 4.39 Å². The second-order valence-corrected chi connectivity index (χ2v) is 9.39. The molecule has 1 aromatic heterocycles. The molecule has 2 aliphatic rings. The molecule has 2 saturated heterocycles. The first kappa shape index (κ1) is 18.5. The molecule has 0 unspecified atom stereocenters. The molecule has 2 aromatic rings. The van der Waals surface area contributed by atoms with Gasteiger partial charge in [-0.2, -0.15) is 0 Å². The van der Waals surface area contributed by atoms with Gasteiger partial charge in [-0.1, -0.05) is 12.1 Å². The van der Waals surface area contributed by atoms with Gasteiger partial charge in [0.1, 0.15) is 5.82 Å². The Morgan fingerprint density at radius 3 is 2.63 bits per heavy atom. The molecule has 1 spiro atoms. The molecule has 0 radical (unpaired) electrons. The summed E-state index contributed by atoms with van der Waals surface area (Å²) in [7, 11) is 0. The van der Waals surface area contributed by atoms with Crippen molar-refractivity contribution >= 4 is 34.9 Å². The highest BCUT2D eigenvalue weighted by atomic mass is 32.2. The maximum Gasteiger partial charge on any atom is 0.255 e. The summed E-state index contributed by atoms with van der Waals surface area (Å²) in [5.41, 5.74) is 0.396. The lowest BCUT2D eigenvalue weighted by Crippen LogP contribution is -2.53. The van der Waals surface area contributed by atoms with E-state index in [0.717, 1.165) is 23.5 Å². The van der Waals surface area contributed by atoms with Crippen LogP contribution in [0.5, 0.6) is 0 Å². The first-order chi connectivity index (χ1) is 13.1. The van der Waals surface area contributed by atoms with Gasteiger partial charge in [0.25, 0.3) is 5.91 Å². The average molecular weight is 405 g/mol. The van der Waals surface area contributed by atoms with Crippen molar-refractivity contribution in [3.05, 3.63) is 58.0 Å². The third kappa shape index (κ3) is 3.75. The van der Waals surface area contributed by atoms with Crippen LogP contribution in [0, 0.1) is 5.82 Å². The van der Waals surface area contributed by atoms with E-state index in [9.17, 15) is 14.0 Å². The maximum absolute atomic E-state index is 13.5. The second kappa shape index (κ2) is 7.64. The van der Waals surface area contributed by atoms with E-state index in [-0.39, 0.29) is 16.7 Å². The highest BCUT2D eigenvalue weighted by molar-refractivity contribution is 8.00. The molecule has 3 heterocycles. The molecule has 142 valence electrons. The maximum atomic E-state index is 13.5. The van der Waals surface area contributed by atoms with Crippen molar-refractivity contribution in [3.8, 4) is 0 Å². The first-order valence-electron chi connectivity index (χ1n) is 9.09. The quantitative estimate of drug-likeness (QED) is 0.784. The third-order valence-corrected chi connectivity index (χ3v) is 7.73. The van der Waals surface area contributed by atoms with Gasteiger partial charge in [0, 0.05) is 35.8 Å². The predicted octanol–water partition coefficient (Wildman–Crippen LogP) is 3.64. The number of carbonyl (C=O) groups excluding carboxylic acids is 2. The highest BCUT2D eigenvalue weighted by Crippen LogP contribution is 2.44. The van der Waals surface area contributed by atoms with Crippen molar-refractivity contribution in [2.45, 2.75) is 24.1 Å². The fraction of sp³-hybridized carbons (Fsp3) is 0.400. The first-order valence-corrected chi connectivity index (χ1v) is 11.0. The van der Waals surface area contributed by atoms with E-state index in [1.54, 1.807) is 35.2 Å². The zero-order valence-electron chi connectivity index (χ0n) is 14.9. The Morgan fingerprint density at radius 1 is 1.11 bits per heavy atom. The van der Waals surface area contributed by atoms with Crippen LogP contribution in [0.3, 0.4) is 0 Å². The van der Waals surface area contributed by atoms with Crippen LogP contribution in [0.4, 0.5) is 4.39 Å². The van der Waals surface area contributed by atoms with Crippen molar-refractivity contribution in [2.75, 3.05) is 25.4 Å². The number of amides is 2. The Labute approximate surface area is 166 Å². The monoisotopic (exact) mass is 404 g/mol. The third-order valence-electron chi connectivity index (χ3n) is 5.30. The van der Waals surface area contributed by atoms with E-state index < -0.39 is 5.82 Å². The van der Waals surface area contributed by atoms with Crippen molar-refractivity contribution in [3.63, 3.8) is 0 Å². The summed E-state index contributed by atoms with van der Waals surface area (Å²) in [4.78, 5) is 30.1. The second-order valence-electron chi connectivity index (χ2n) is 6.90. The molecule has 0 N–H and O–H groups in total. The number of thioether (sulfide) groups is 1. The lowest BCUT2D eigenvalue weighted by Gasteiger charge is -2.44. The van der Waals surface area contributed by atoms with Gasteiger partial charge < -0.3 is 9.80 Å². The molecule has 2 fully saturated rings. The summed E-state index contributed by atoms with van der Waals surface area (Å²) >= 11 is 3.40. The normalized spacial score (nSPS) is 18.9. The summed E-state index contributed by atoms with van der Waals surface area (Å²) < 4.78 is 13.5. The van der Waals surface area contributed by atoms with Crippen LogP contribution >= 0.6 is 23.1 Å². The van der Waals surface area contributed by atoms with E-state index in [1.807, 2.05) is 27.3 Å². The lowest BCUT2D eigenvalue weighted by molar-refractivity contribution is -0.132. The largest absolute Gasteiger partial charge is 0.342 e. The van der Waals surface area contributed by atoms with E-state index in [4.69, 9.17) is 0 Å². The summed E-state index contributed by atoms with van der Waals surface area (Å²) in [6.45, 7) is 1.98. The summed E-state index contributed by atoms with van der Waals surface area (Å²) in [5, 5.41) is 1.99. The Balaban J connectivity index is 1.43. The van der Waals surface area contributed by atoms with Crippen molar-refractivity contribution in [2.24, 2.45) is 0 Å². The van der Waals surface area contributed by atoms with Crippen LogP contribution in [-0.2, 0) is 11.2 Å². The number of piperidine rings is 1. The van der Waals surface area contributed by atoms with E-state index in [2.05, 4.69) is 0 Å². The van der Waals surface area contributed by atoms with Crippen molar-refractivity contribution in [1.82, 2.24) is 9.80 Å². The van der Waals surface area contributed by atoms with Gasteiger partial charge in [0.05, 0.1) is 11.3 Å². The number of likely N-dealkylation sites (tertiary alicyclic amines) is 1. The Morgan fingerprint density at radius 2 is 1.93 bits per heavy atom. The van der Waals surface area contributed by atoms with Gasteiger partial charge in [-0.3, -0.25) is 9.59 Å². The Kier molecular flexibility index (Phi) is 5.23. The average Bonchev–Trinajstić information content (AvgIpc) is 3.32. The van der Waals surface area contributed by atoms with Crippen LogP contribution in [0.15, 0.2) is 41.8 Å². The van der Waals surface area contributed by atoms with Gasteiger partial charge in [0.2, 0.25) is 5.91 Å². The van der Waals surface area contributed by atoms with Crippen LogP contribution in [-0.4, -0.2) is 51.9 Å². The molecule has 1 aromatic carbocycles. The number of hydrogen-bond acceptors (Lipinski definition) is 4. The fourth-order valence-corrected chi connectivity index (χ4v) is 6.02. The van der Waals surface area contributed by atoms with Crippen molar-refractivity contribution in [1.29, 1.82) is 0 Å². The van der Waals surface area contributed by atoms with Crippen LogP contribution in [0.1, 0.15) is 28.1 Å². The lowest BCUT2D eigenvalue weighted by atomic mass is 10.0. The molecule has 0 saturated carbocycles. The SMILES string of the molecule is O=C(Cc1cccs1)N1CCC2(CC1)SCCN2C(=O)c1cccc(F)c1. The van der Waals surface area contributed by atoms with E-state index >= 15 is 0 Å². The van der Waals surface area contributed by atoms with Crippen LogP contribution < -0.4 is 0 Å². The highest BCUT2D eigenvalue weighted by Gasteiger charge is 2.47. The summed E-state index contributed by atoms with van der Waals surface area (Å²) in [6.07, 6.45) is 1.97. The Hall–Kier alpha value is -1.86. The van der Waals surface area contributed by atoms with Crippen LogP contribution in [0.2, 0.25) is 0 Å². The molecule has 0 aliphatic carbocycles. The molecular formula is C20H21FN2O2S2.